The summed E-state index contributed by atoms with van der Waals surface area (Å²) in [6, 6.07) is 18.9. The fourth-order valence-electron chi connectivity index (χ4n) is 3.54. The van der Waals surface area contributed by atoms with Crippen LogP contribution in [0.1, 0.15) is 46.7 Å². The Kier molecular flexibility index (Phi) is 5.65. The van der Waals surface area contributed by atoms with Gasteiger partial charge in [-0.05, 0) is 61.5 Å². The molecule has 1 amide bonds. The molecule has 126 valence electrons. The topological polar surface area (TPSA) is 32.3 Å². The summed E-state index contributed by atoms with van der Waals surface area (Å²) in [5, 5.41) is 2.66. The minimum absolute atomic E-state index is 0.0259. The summed E-state index contributed by atoms with van der Waals surface area (Å²) >= 11 is 0. The summed E-state index contributed by atoms with van der Waals surface area (Å²) in [6.07, 6.45) is 3.74. The molecular weight excluding hydrogens is 296 g/mol. The van der Waals surface area contributed by atoms with Crippen molar-refractivity contribution < 1.29 is 4.79 Å². The Hall–Kier alpha value is -2.13. The van der Waals surface area contributed by atoms with Gasteiger partial charge >= 0.3 is 0 Å². The van der Waals surface area contributed by atoms with E-state index in [1.54, 1.807) is 7.05 Å². The van der Waals surface area contributed by atoms with Crippen LogP contribution in [0.3, 0.4) is 0 Å². The van der Waals surface area contributed by atoms with Crippen molar-refractivity contribution in [2.24, 2.45) is 0 Å². The first-order valence-electron chi connectivity index (χ1n) is 8.84. The van der Waals surface area contributed by atoms with E-state index in [0.29, 0.717) is 5.92 Å². The van der Waals surface area contributed by atoms with Gasteiger partial charge in [0.05, 0.1) is 0 Å². The molecule has 1 heterocycles. The summed E-state index contributed by atoms with van der Waals surface area (Å²) in [4.78, 5) is 14.1. The van der Waals surface area contributed by atoms with Gasteiger partial charge < -0.3 is 5.32 Å². The number of amides is 1. The zero-order chi connectivity index (χ0) is 16.8. The third kappa shape index (κ3) is 4.24. The highest BCUT2D eigenvalue weighted by Gasteiger charge is 2.18. The van der Waals surface area contributed by atoms with Crippen LogP contribution in [0.5, 0.6) is 0 Å². The summed E-state index contributed by atoms with van der Waals surface area (Å²) in [5.74, 6) is 0.661. The van der Waals surface area contributed by atoms with Gasteiger partial charge in [0, 0.05) is 19.2 Å². The first-order chi connectivity index (χ1) is 11.8. The molecule has 0 aliphatic carbocycles. The second-order valence-electron chi connectivity index (χ2n) is 6.59. The van der Waals surface area contributed by atoms with Gasteiger partial charge in [-0.3, -0.25) is 9.69 Å². The molecular formula is C21H26N2O. The zero-order valence-corrected chi connectivity index (χ0v) is 14.4. The Labute approximate surface area is 144 Å². The van der Waals surface area contributed by atoms with Gasteiger partial charge in [-0.25, -0.2) is 0 Å². The van der Waals surface area contributed by atoms with E-state index < -0.39 is 0 Å². The molecule has 3 nitrogen and oxygen atoms in total. The molecule has 0 radical (unpaired) electrons. The zero-order valence-electron chi connectivity index (χ0n) is 14.4. The molecule has 1 saturated heterocycles. The van der Waals surface area contributed by atoms with Crippen molar-refractivity contribution in [2.45, 2.75) is 31.7 Å². The number of likely N-dealkylation sites (tertiary alicyclic amines) is 1. The van der Waals surface area contributed by atoms with Crippen molar-refractivity contribution in [3.63, 3.8) is 0 Å². The van der Waals surface area contributed by atoms with Gasteiger partial charge in [-0.15, -0.1) is 0 Å². The molecule has 1 unspecified atom stereocenters. The maximum absolute atomic E-state index is 11.6. The predicted molar refractivity (Wildman–Crippen MR) is 98.1 cm³/mol. The first kappa shape index (κ1) is 16.7. The molecule has 1 N–H and O–H groups in total. The monoisotopic (exact) mass is 322 g/mol. The van der Waals surface area contributed by atoms with E-state index in [-0.39, 0.29) is 5.91 Å². The Morgan fingerprint density at radius 2 is 1.79 bits per heavy atom. The van der Waals surface area contributed by atoms with Gasteiger partial charge in [-0.2, -0.15) is 0 Å². The largest absolute Gasteiger partial charge is 0.355 e. The van der Waals surface area contributed by atoms with Crippen LogP contribution in [-0.2, 0) is 6.54 Å². The van der Waals surface area contributed by atoms with Crippen molar-refractivity contribution in [1.82, 2.24) is 10.2 Å². The number of hydrogen-bond donors (Lipinski definition) is 1. The fraction of sp³-hybridized carbons (Fsp3) is 0.381. The molecule has 1 fully saturated rings. The summed E-state index contributed by atoms with van der Waals surface area (Å²) in [6.45, 7) is 3.26. The Bertz CT molecular complexity index is 651. The molecule has 0 bridgehead atoms. The molecule has 0 aromatic heterocycles. The third-order valence-corrected chi connectivity index (χ3v) is 4.94. The summed E-state index contributed by atoms with van der Waals surface area (Å²) in [7, 11) is 1.66. The van der Waals surface area contributed by atoms with E-state index >= 15 is 0 Å². The van der Waals surface area contributed by atoms with Crippen LogP contribution in [0.25, 0.3) is 0 Å². The molecule has 3 heteroatoms. The van der Waals surface area contributed by atoms with Gasteiger partial charge in [-0.1, -0.05) is 42.5 Å². The van der Waals surface area contributed by atoms with E-state index in [9.17, 15) is 4.79 Å². The van der Waals surface area contributed by atoms with Crippen molar-refractivity contribution in [1.29, 1.82) is 0 Å². The van der Waals surface area contributed by atoms with E-state index in [4.69, 9.17) is 0 Å². The Morgan fingerprint density at radius 1 is 1.04 bits per heavy atom. The van der Waals surface area contributed by atoms with Crippen molar-refractivity contribution in [3.8, 4) is 0 Å². The minimum Gasteiger partial charge on any atom is -0.355 e. The average molecular weight is 322 g/mol. The quantitative estimate of drug-likeness (QED) is 0.928. The molecule has 2 aromatic carbocycles. The maximum Gasteiger partial charge on any atom is 0.251 e. The minimum atomic E-state index is -0.0259. The Morgan fingerprint density at radius 3 is 2.50 bits per heavy atom. The molecule has 0 saturated carbocycles. The van der Waals surface area contributed by atoms with E-state index in [1.807, 2.05) is 12.1 Å². The van der Waals surface area contributed by atoms with Crippen LogP contribution < -0.4 is 5.32 Å². The highest BCUT2D eigenvalue weighted by atomic mass is 16.1. The van der Waals surface area contributed by atoms with Gasteiger partial charge in [0.25, 0.3) is 5.91 Å². The van der Waals surface area contributed by atoms with Crippen LogP contribution >= 0.6 is 0 Å². The molecule has 1 aliphatic rings. The van der Waals surface area contributed by atoms with Crippen molar-refractivity contribution in [3.05, 3.63) is 71.3 Å². The lowest BCUT2D eigenvalue weighted by Crippen LogP contribution is -2.24. The highest BCUT2D eigenvalue weighted by molar-refractivity contribution is 5.93. The fourth-order valence-corrected chi connectivity index (χ4v) is 3.54. The normalized spacial score (nSPS) is 18.8. The van der Waals surface area contributed by atoms with E-state index in [2.05, 4.69) is 52.7 Å². The lowest BCUT2D eigenvalue weighted by atomic mass is 9.92. The van der Waals surface area contributed by atoms with Crippen LogP contribution in [0.2, 0.25) is 0 Å². The lowest BCUT2D eigenvalue weighted by Gasteiger charge is -2.20. The van der Waals surface area contributed by atoms with Crippen molar-refractivity contribution >= 4 is 5.91 Å². The second kappa shape index (κ2) is 8.11. The van der Waals surface area contributed by atoms with Crippen LogP contribution in [0.15, 0.2) is 54.6 Å². The number of benzene rings is 2. The molecule has 1 atom stereocenters. The summed E-state index contributed by atoms with van der Waals surface area (Å²) in [5.41, 5.74) is 3.48. The Balaban J connectivity index is 1.57. The van der Waals surface area contributed by atoms with Gasteiger partial charge in [0.2, 0.25) is 0 Å². The average Bonchev–Trinajstić information content (AvgIpc) is 2.88. The smallest absolute Gasteiger partial charge is 0.251 e. The van der Waals surface area contributed by atoms with Crippen LogP contribution in [0.4, 0.5) is 0 Å². The molecule has 1 aliphatic heterocycles. The third-order valence-electron chi connectivity index (χ3n) is 4.94. The molecule has 3 rings (SSSR count). The number of nitrogens with zero attached hydrogens (tertiary/aromatic N) is 1. The number of hydrogen-bond acceptors (Lipinski definition) is 2. The standard InChI is InChI=1S/C21H26N2O/c1-22-21(24)20-11-9-17(10-12-20)16-23-14-5-8-19(13-15-23)18-6-3-2-4-7-18/h2-4,6-7,9-12,19H,5,8,13-16H2,1H3,(H,22,24). The maximum atomic E-state index is 11.6. The molecule has 24 heavy (non-hydrogen) atoms. The van der Waals surface area contributed by atoms with E-state index in [0.717, 1.165) is 25.2 Å². The first-order valence-corrected chi connectivity index (χ1v) is 8.84. The number of rotatable bonds is 4. The molecule has 2 aromatic rings. The van der Waals surface area contributed by atoms with Crippen LogP contribution in [0, 0.1) is 0 Å². The van der Waals surface area contributed by atoms with Gasteiger partial charge in [0.1, 0.15) is 0 Å². The number of nitrogens with one attached hydrogen (secondary N) is 1. The second-order valence-corrected chi connectivity index (χ2v) is 6.59. The van der Waals surface area contributed by atoms with Gasteiger partial charge in [0.15, 0.2) is 0 Å². The highest BCUT2D eigenvalue weighted by Crippen LogP contribution is 2.28. The van der Waals surface area contributed by atoms with Crippen LogP contribution in [-0.4, -0.2) is 30.9 Å². The molecule has 0 spiro atoms. The number of carbonyl (C=O) groups excluding carboxylic acids is 1. The number of carbonyl (C=O) groups is 1. The van der Waals surface area contributed by atoms with Crippen molar-refractivity contribution in [2.75, 3.05) is 20.1 Å². The predicted octanol–water partition coefficient (Wildman–Crippen LogP) is 3.82. The summed E-state index contributed by atoms with van der Waals surface area (Å²) < 4.78 is 0. The lowest BCUT2D eigenvalue weighted by molar-refractivity contribution is 0.0963. The van der Waals surface area contributed by atoms with E-state index in [1.165, 1.54) is 30.4 Å². The SMILES string of the molecule is CNC(=O)c1ccc(CN2CCCC(c3ccccc3)CC2)cc1.